The summed E-state index contributed by atoms with van der Waals surface area (Å²) in [5.74, 6) is 0.300. The Morgan fingerprint density at radius 1 is 1.53 bits per heavy atom. The number of alkyl halides is 1. The number of rotatable bonds is 4. The van der Waals surface area contributed by atoms with Crippen LogP contribution in [0, 0.1) is 10.1 Å². The summed E-state index contributed by atoms with van der Waals surface area (Å²) in [5.41, 5.74) is 1.62. The van der Waals surface area contributed by atoms with E-state index in [9.17, 15) is 10.1 Å². The molecule has 92 valence electrons. The number of nitro groups is 1. The Labute approximate surface area is 105 Å². The molecule has 0 unspecified atom stereocenters. The SMILES string of the molecule is CN(c1ccc(CCl)cc1[N+](=O)[O-])C1CCC1. The summed E-state index contributed by atoms with van der Waals surface area (Å²) in [6.07, 6.45) is 3.44. The summed E-state index contributed by atoms with van der Waals surface area (Å²) in [6, 6.07) is 5.66. The van der Waals surface area contributed by atoms with Gasteiger partial charge in [-0.15, -0.1) is 11.6 Å². The third-order valence-electron chi connectivity index (χ3n) is 3.39. The first-order chi connectivity index (χ1) is 8.13. The van der Waals surface area contributed by atoms with E-state index in [1.807, 2.05) is 18.0 Å². The molecule has 0 heterocycles. The van der Waals surface area contributed by atoms with E-state index in [2.05, 4.69) is 0 Å². The number of nitrogens with zero attached hydrogens (tertiary/aromatic N) is 2. The zero-order valence-corrected chi connectivity index (χ0v) is 10.5. The Kier molecular flexibility index (Phi) is 3.52. The molecule has 0 bridgehead atoms. The second-order valence-electron chi connectivity index (χ2n) is 4.41. The standard InChI is InChI=1S/C12H15ClN2O2/c1-14(10-3-2-4-10)11-6-5-9(8-13)7-12(11)15(16)17/h5-7,10H,2-4,8H2,1H3. The summed E-state index contributed by atoms with van der Waals surface area (Å²) in [7, 11) is 1.92. The molecule has 1 fully saturated rings. The lowest BCUT2D eigenvalue weighted by Gasteiger charge is -2.36. The Hall–Kier alpha value is -1.29. The highest BCUT2D eigenvalue weighted by atomic mass is 35.5. The Bertz CT molecular complexity index is 433. The Balaban J connectivity index is 2.34. The highest BCUT2D eigenvalue weighted by molar-refractivity contribution is 6.17. The number of benzene rings is 1. The van der Waals surface area contributed by atoms with Crippen molar-refractivity contribution in [1.29, 1.82) is 0 Å². The lowest BCUT2D eigenvalue weighted by Crippen LogP contribution is -2.37. The highest BCUT2D eigenvalue weighted by Gasteiger charge is 2.27. The minimum absolute atomic E-state index is 0.151. The van der Waals surface area contributed by atoms with Crippen molar-refractivity contribution in [1.82, 2.24) is 0 Å². The van der Waals surface area contributed by atoms with Gasteiger partial charge in [-0.1, -0.05) is 6.07 Å². The van der Waals surface area contributed by atoms with E-state index in [1.165, 1.54) is 6.42 Å². The Morgan fingerprint density at radius 3 is 2.71 bits per heavy atom. The first-order valence-corrected chi connectivity index (χ1v) is 6.23. The molecule has 5 heteroatoms. The molecule has 0 atom stereocenters. The zero-order valence-electron chi connectivity index (χ0n) is 9.73. The highest BCUT2D eigenvalue weighted by Crippen LogP contribution is 2.34. The summed E-state index contributed by atoms with van der Waals surface area (Å²) in [6.45, 7) is 0. The van der Waals surface area contributed by atoms with Crippen LogP contribution in [-0.4, -0.2) is 18.0 Å². The van der Waals surface area contributed by atoms with E-state index in [0.717, 1.165) is 18.4 Å². The summed E-state index contributed by atoms with van der Waals surface area (Å²) < 4.78 is 0. The maximum absolute atomic E-state index is 11.1. The normalized spacial score (nSPS) is 15.4. The fourth-order valence-electron chi connectivity index (χ4n) is 2.07. The quantitative estimate of drug-likeness (QED) is 0.470. The largest absolute Gasteiger partial charge is 0.366 e. The van der Waals surface area contributed by atoms with E-state index < -0.39 is 0 Å². The number of nitro benzene ring substituents is 1. The molecule has 1 aromatic carbocycles. The van der Waals surface area contributed by atoms with Gasteiger partial charge in [0.25, 0.3) is 5.69 Å². The topological polar surface area (TPSA) is 46.4 Å². The van der Waals surface area contributed by atoms with Crippen LogP contribution in [-0.2, 0) is 5.88 Å². The van der Waals surface area contributed by atoms with Crippen molar-refractivity contribution in [3.8, 4) is 0 Å². The Morgan fingerprint density at radius 2 is 2.24 bits per heavy atom. The molecule has 4 nitrogen and oxygen atoms in total. The third-order valence-corrected chi connectivity index (χ3v) is 3.70. The molecule has 1 saturated carbocycles. The van der Waals surface area contributed by atoms with Crippen LogP contribution < -0.4 is 4.90 Å². The van der Waals surface area contributed by atoms with Gasteiger partial charge in [0.1, 0.15) is 5.69 Å². The molecular formula is C12H15ClN2O2. The molecule has 2 rings (SSSR count). The van der Waals surface area contributed by atoms with Crippen molar-refractivity contribution < 1.29 is 4.92 Å². The predicted molar refractivity (Wildman–Crippen MR) is 68.7 cm³/mol. The van der Waals surface area contributed by atoms with Crippen molar-refractivity contribution >= 4 is 23.0 Å². The summed E-state index contributed by atoms with van der Waals surface area (Å²) in [5, 5.41) is 11.1. The molecular weight excluding hydrogens is 240 g/mol. The van der Waals surface area contributed by atoms with Gasteiger partial charge in [0.2, 0.25) is 0 Å². The van der Waals surface area contributed by atoms with Crippen LogP contribution >= 0.6 is 11.6 Å². The molecule has 0 saturated heterocycles. The van der Waals surface area contributed by atoms with Crippen molar-refractivity contribution in [2.75, 3.05) is 11.9 Å². The zero-order chi connectivity index (χ0) is 12.4. The molecule has 0 radical (unpaired) electrons. The van der Waals surface area contributed by atoms with Crippen LogP contribution in [0.25, 0.3) is 0 Å². The lowest BCUT2D eigenvalue weighted by atomic mass is 9.91. The third kappa shape index (κ3) is 2.36. The fraction of sp³-hybridized carbons (Fsp3) is 0.500. The first-order valence-electron chi connectivity index (χ1n) is 5.69. The maximum Gasteiger partial charge on any atom is 0.292 e. The van der Waals surface area contributed by atoms with E-state index >= 15 is 0 Å². The van der Waals surface area contributed by atoms with Gasteiger partial charge in [-0.25, -0.2) is 0 Å². The predicted octanol–water partition coefficient (Wildman–Crippen LogP) is 3.32. The second-order valence-corrected chi connectivity index (χ2v) is 4.68. The van der Waals surface area contributed by atoms with Crippen LogP contribution in [0.4, 0.5) is 11.4 Å². The molecule has 0 aromatic heterocycles. The number of hydrogen-bond acceptors (Lipinski definition) is 3. The molecule has 0 N–H and O–H groups in total. The van der Waals surface area contributed by atoms with E-state index in [1.54, 1.807) is 12.1 Å². The number of halogens is 1. The van der Waals surface area contributed by atoms with Crippen molar-refractivity contribution in [2.24, 2.45) is 0 Å². The van der Waals surface area contributed by atoms with Gasteiger partial charge in [-0.05, 0) is 30.9 Å². The van der Waals surface area contributed by atoms with Crippen LogP contribution in [0.3, 0.4) is 0 Å². The molecule has 1 aliphatic carbocycles. The van der Waals surface area contributed by atoms with Crippen LogP contribution in [0.15, 0.2) is 18.2 Å². The molecule has 0 aliphatic heterocycles. The van der Waals surface area contributed by atoms with Gasteiger partial charge in [-0.3, -0.25) is 10.1 Å². The minimum atomic E-state index is -0.333. The number of anilines is 1. The fourth-order valence-corrected chi connectivity index (χ4v) is 2.23. The van der Waals surface area contributed by atoms with Crippen molar-refractivity contribution in [3.63, 3.8) is 0 Å². The average Bonchev–Trinajstić information content (AvgIpc) is 2.25. The van der Waals surface area contributed by atoms with E-state index in [4.69, 9.17) is 11.6 Å². The van der Waals surface area contributed by atoms with Crippen molar-refractivity contribution in [2.45, 2.75) is 31.2 Å². The lowest BCUT2D eigenvalue weighted by molar-refractivity contribution is -0.384. The molecule has 1 aliphatic rings. The molecule has 0 amide bonds. The second kappa shape index (κ2) is 4.92. The maximum atomic E-state index is 11.1. The van der Waals surface area contributed by atoms with Gasteiger partial charge in [0.05, 0.1) is 4.92 Å². The van der Waals surface area contributed by atoms with Crippen LogP contribution in [0.2, 0.25) is 0 Å². The van der Waals surface area contributed by atoms with Gasteiger partial charge in [0, 0.05) is 25.0 Å². The van der Waals surface area contributed by atoms with Gasteiger partial charge in [0.15, 0.2) is 0 Å². The van der Waals surface area contributed by atoms with Crippen LogP contribution in [0.1, 0.15) is 24.8 Å². The van der Waals surface area contributed by atoms with Gasteiger partial charge < -0.3 is 4.90 Å². The molecule has 0 spiro atoms. The summed E-state index contributed by atoms with van der Waals surface area (Å²) in [4.78, 5) is 12.7. The first kappa shape index (κ1) is 12.2. The van der Waals surface area contributed by atoms with Crippen LogP contribution in [0.5, 0.6) is 0 Å². The number of hydrogen-bond donors (Lipinski definition) is 0. The summed E-state index contributed by atoms with van der Waals surface area (Å²) >= 11 is 5.70. The van der Waals surface area contributed by atoms with E-state index in [0.29, 0.717) is 17.6 Å². The van der Waals surface area contributed by atoms with E-state index in [-0.39, 0.29) is 10.6 Å². The van der Waals surface area contributed by atoms with Gasteiger partial charge >= 0.3 is 0 Å². The van der Waals surface area contributed by atoms with Gasteiger partial charge in [-0.2, -0.15) is 0 Å². The van der Waals surface area contributed by atoms with Crippen molar-refractivity contribution in [3.05, 3.63) is 33.9 Å². The minimum Gasteiger partial charge on any atom is -0.366 e. The average molecular weight is 255 g/mol. The smallest absolute Gasteiger partial charge is 0.292 e. The molecule has 17 heavy (non-hydrogen) atoms. The monoisotopic (exact) mass is 254 g/mol. The molecule has 1 aromatic rings.